The molecule has 0 radical (unpaired) electrons. The van der Waals surface area contributed by atoms with Crippen molar-refractivity contribution in [2.24, 2.45) is 5.41 Å². The molecular formula is C9H16ClN3. The Labute approximate surface area is 84.1 Å². The molecule has 3 nitrogen and oxygen atoms in total. The maximum Gasteiger partial charge on any atom is 0.147 e. The van der Waals surface area contributed by atoms with Crippen molar-refractivity contribution in [2.75, 3.05) is 0 Å². The molecule has 0 atom stereocenters. The monoisotopic (exact) mass is 201 g/mol. The zero-order valence-corrected chi connectivity index (χ0v) is 9.17. The van der Waals surface area contributed by atoms with Gasteiger partial charge in [-0.2, -0.15) is 0 Å². The number of aryl methyl sites for hydroxylation is 1. The van der Waals surface area contributed by atoms with Crippen LogP contribution in [0.3, 0.4) is 0 Å². The van der Waals surface area contributed by atoms with Gasteiger partial charge < -0.3 is 4.57 Å². The van der Waals surface area contributed by atoms with Crippen molar-refractivity contribution in [1.29, 1.82) is 0 Å². The van der Waals surface area contributed by atoms with Gasteiger partial charge in [-0.25, -0.2) is 0 Å². The minimum Gasteiger partial charge on any atom is -0.317 e. The highest BCUT2D eigenvalue weighted by Crippen LogP contribution is 2.19. The highest BCUT2D eigenvalue weighted by molar-refractivity contribution is 6.16. The Balaban J connectivity index is 2.54. The predicted molar refractivity (Wildman–Crippen MR) is 53.7 cm³/mol. The zero-order chi connectivity index (χ0) is 9.90. The van der Waals surface area contributed by atoms with Gasteiger partial charge in [0.25, 0.3) is 0 Å². The Morgan fingerprint density at radius 3 is 2.69 bits per heavy atom. The summed E-state index contributed by atoms with van der Waals surface area (Å²) in [7, 11) is 0. The molecule has 0 aliphatic heterocycles. The molecule has 1 aromatic heterocycles. The van der Waals surface area contributed by atoms with E-state index in [0.29, 0.717) is 11.3 Å². The highest BCUT2D eigenvalue weighted by Gasteiger charge is 2.11. The van der Waals surface area contributed by atoms with Crippen molar-refractivity contribution in [3.05, 3.63) is 12.2 Å². The Morgan fingerprint density at radius 2 is 2.15 bits per heavy atom. The summed E-state index contributed by atoms with van der Waals surface area (Å²) in [4.78, 5) is 0. The smallest absolute Gasteiger partial charge is 0.147 e. The summed E-state index contributed by atoms with van der Waals surface area (Å²) in [5.41, 5.74) is 0.341. The third kappa shape index (κ3) is 3.35. The minimum atomic E-state index is 0.341. The van der Waals surface area contributed by atoms with E-state index in [1.165, 1.54) is 0 Å². The topological polar surface area (TPSA) is 30.7 Å². The van der Waals surface area contributed by atoms with E-state index in [9.17, 15) is 0 Å². The maximum absolute atomic E-state index is 5.70. The van der Waals surface area contributed by atoms with Crippen LogP contribution in [0.15, 0.2) is 6.33 Å². The van der Waals surface area contributed by atoms with Crippen LogP contribution in [0.4, 0.5) is 0 Å². The van der Waals surface area contributed by atoms with Gasteiger partial charge in [0.15, 0.2) is 0 Å². The van der Waals surface area contributed by atoms with Crippen LogP contribution in [0.2, 0.25) is 0 Å². The first-order chi connectivity index (χ1) is 6.03. The van der Waals surface area contributed by atoms with E-state index in [1.54, 1.807) is 6.33 Å². The molecule has 0 saturated carbocycles. The van der Waals surface area contributed by atoms with E-state index in [0.717, 1.165) is 18.8 Å². The predicted octanol–water partition coefficient (Wildman–Crippen LogP) is 2.45. The number of rotatable bonds is 3. The average Bonchev–Trinajstić information content (AvgIpc) is 2.46. The first-order valence-corrected chi connectivity index (χ1v) is 4.99. The molecule has 0 aliphatic carbocycles. The molecule has 1 heterocycles. The molecule has 0 unspecified atom stereocenters. The number of hydrogen-bond acceptors (Lipinski definition) is 2. The SMILES string of the molecule is CC(C)(C)CCn1cnnc1CCl. The molecule has 0 bridgehead atoms. The lowest BCUT2D eigenvalue weighted by Gasteiger charge is -2.18. The van der Waals surface area contributed by atoms with Gasteiger partial charge in [0, 0.05) is 6.54 Å². The summed E-state index contributed by atoms with van der Waals surface area (Å²) >= 11 is 5.70. The number of hydrogen-bond donors (Lipinski definition) is 0. The average molecular weight is 202 g/mol. The lowest BCUT2D eigenvalue weighted by atomic mass is 9.92. The van der Waals surface area contributed by atoms with Gasteiger partial charge in [0.05, 0.1) is 5.88 Å². The van der Waals surface area contributed by atoms with Gasteiger partial charge in [-0.1, -0.05) is 20.8 Å². The molecule has 13 heavy (non-hydrogen) atoms. The van der Waals surface area contributed by atoms with E-state index < -0.39 is 0 Å². The Hall–Kier alpha value is -0.570. The molecule has 0 aliphatic rings. The van der Waals surface area contributed by atoms with Crippen molar-refractivity contribution < 1.29 is 0 Å². The van der Waals surface area contributed by atoms with Gasteiger partial charge in [-0.15, -0.1) is 21.8 Å². The summed E-state index contributed by atoms with van der Waals surface area (Å²) in [6, 6.07) is 0. The second-order valence-corrected chi connectivity index (χ2v) is 4.65. The van der Waals surface area contributed by atoms with Gasteiger partial charge >= 0.3 is 0 Å². The van der Waals surface area contributed by atoms with Gasteiger partial charge in [-0.05, 0) is 11.8 Å². The van der Waals surface area contributed by atoms with Crippen LogP contribution in [-0.4, -0.2) is 14.8 Å². The fourth-order valence-electron chi connectivity index (χ4n) is 1.03. The standard InChI is InChI=1S/C9H16ClN3/c1-9(2,3)4-5-13-7-11-12-8(13)6-10/h7H,4-6H2,1-3H3. The van der Waals surface area contributed by atoms with Crippen LogP contribution in [0.5, 0.6) is 0 Å². The molecule has 0 N–H and O–H groups in total. The van der Waals surface area contributed by atoms with Gasteiger partial charge in [0.1, 0.15) is 12.2 Å². The largest absolute Gasteiger partial charge is 0.317 e. The molecular weight excluding hydrogens is 186 g/mol. The third-order valence-electron chi connectivity index (χ3n) is 1.92. The van der Waals surface area contributed by atoms with Crippen LogP contribution in [0.1, 0.15) is 33.0 Å². The molecule has 0 amide bonds. The molecule has 1 rings (SSSR count). The lowest BCUT2D eigenvalue weighted by Crippen LogP contribution is -2.11. The summed E-state index contributed by atoms with van der Waals surface area (Å²) in [6.45, 7) is 7.60. The Bertz CT molecular complexity index is 262. The molecule has 74 valence electrons. The van der Waals surface area contributed by atoms with Gasteiger partial charge in [0.2, 0.25) is 0 Å². The number of halogens is 1. The number of alkyl halides is 1. The summed E-state index contributed by atoms with van der Waals surface area (Å²) < 4.78 is 2.01. The molecule has 0 fully saturated rings. The van der Waals surface area contributed by atoms with Crippen LogP contribution in [0.25, 0.3) is 0 Å². The highest BCUT2D eigenvalue weighted by atomic mass is 35.5. The van der Waals surface area contributed by atoms with E-state index >= 15 is 0 Å². The summed E-state index contributed by atoms with van der Waals surface area (Å²) in [6.07, 6.45) is 2.85. The van der Waals surface area contributed by atoms with E-state index in [4.69, 9.17) is 11.6 Å². The van der Waals surface area contributed by atoms with Crippen molar-refractivity contribution in [1.82, 2.24) is 14.8 Å². The second kappa shape index (κ2) is 4.09. The van der Waals surface area contributed by atoms with Crippen molar-refractivity contribution in [2.45, 2.75) is 39.6 Å². The van der Waals surface area contributed by atoms with Crippen LogP contribution in [-0.2, 0) is 12.4 Å². The van der Waals surface area contributed by atoms with Crippen LogP contribution >= 0.6 is 11.6 Å². The van der Waals surface area contributed by atoms with Crippen molar-refractivity contribution in [3.8, 4) is 0 Å². The van der Waals surface area contributed by atoms with E-state index in [2.05, 4.69) is 31.0 Å². The molecule has 0 aromatic carbocycles. The Kier molecular flexibility index (Phi) is 3.31. The Morgan fingerprint density at radius 1 is 1.46 bits per heavy atom. The van der Waals surface area contributed by atoms with Crippen molar-refractivity contribution >= 4 is 11.6 Å². The minimum absolute atomic E-state index is 0.341. The fourth-order valence-corrected chi connectivity index (χ4v) is 1.23. The normalized spacial score (nSPS) is 12.0. The first-order valence-electron chi connectivity index (χ1n) is 4.45. The zero-order valence-electron chi connectivity index (χ0n) is 8.42. The number of nitrogens with zero attached hydrogens (tertiary/aromatic N) is 3. The fraction of sp³-hybridized carbons (Fsp3) is 0.778. The quantitative estimate of drug-likeness (QED) is 0.704. The van der Waals surface area contributed by atoms with E-state index in [-0.39, 0.29) is 0 Å². The third-order valence-corrected chi connectivity index (χ3v) is 2.16. The molecule has 4 heteroatoms. The molecule has 0 spiro atoms. The van der Waals surface area contributed by atoms with Crippen molar-refractivity contribution in [3.63, 3.8) is 0 Å². The maximum atomic E-state index is 5.70. The molecule has 0 saturated heterocycles. The van der Waals surface area contributed by atoms with Gasteiger partial charge in [-0.3, -0.25) is 0 Å². The van der Waals surface area contributed by atoms with E-state index in [1.807, 2.05) is 4.57 Å². The second-order valence-electron chi connectivity index (χ2n) is 4.38. The first kappa shape index (κ1) is 10.5. The number of aromatic nitrogens is 3. The van der Waals surface area contributed by atoms with Crippen LogP contribution in [0, 0.1) is 5.41 Å². The summed E-state index contributed by atoms with van der Waals surface area (Å²) in [5, 5.41) is 7.74. The van der Waals surface area contributed by atoms with Crippen LogP contribution < -0.4 is 0 Å². The molecule has 1 aromatic rings. The summed E-state index contributed by atoms with van der Waals surface area (Å²) in [5.74, 6) is 1.29. The lowest BCUT2D eigenvalue weighted by molar-refractivity contribution is 0.348.